The summed E-state index contributed by atoms with van der Waals surface area (Å²) < 4.78 is 0. The first-order chi connectivity index (χ1) is 8.72. The van der Waals surface area contributed by atoms with Crippen molar-refractivity contribution in [1.82, 2.24) is 10.2 Å². The molecular formula is C14H14N4. The Kier molecular flexibility index (Phi) is 3.54. The van der Waals surface area contributed by atoms with E-state index in [2.05, 4.69) is 40.6 Å². The van der Waals surface area contributed by atoms with Crippen molar-refractivity contribution in [1.29, 1.82) is 5.26 Å². The second-order valence-corrected chi connectivity index (χ2v) is 4.13. The highest BCUT2D eigenvalue weighted by Gasteiger charge is 2.11. The van der Waals surface area contributed by atoms with E-state index in [0.717, 1.165) is 0 Å². The summed E-state index contributed by atoms with van der Waals surface area (Å²) in [6, 6.07) is 12.0. The van der Waals surface area contributed by atoms with E-state index >= 15 is 0 Å². The summed E-state index contributed by atoms with van der Waals surface area (Å²) in [5.41, 5.74) is 2.90. The van der Waals surface area contributed by atoms with Crippen LogP contribution in [0.25, 0.3) is 0 Å². The second-order valence-electron chi connectivity index (χ2n) is 4.13. The monoisotopic (exact) mass is 238 g/mol. The highest BCUT2D eigenvalue weighted by atomic mass is 15.2. The third-order valence-corrected chi connectivity index (χ3v) is 2.85. The summed E-state index contributed by atoms with van der Waals surface area (Å²) in [4.78, 5) is 0. The number of nitriles is 1. The molecule has 4 heteroatoms. The van der Waals surface area contributed by atoms with E-state index in [1.807, 2.05) is 19.1 Å². The molecule has 0 fully saturated rings. The fourth-order valence-corrected chi connectivity index (χ4v) is 1.88. The molecule has 2 aromatic rings. The van der Waals surface area contributed by atoms with Crippen LogP contribution >= 0.6 is 0 Å². The molecule has 90 valence electrons. The lowest BCUT2D eigenvalue weighted by Gasteiger charge is -2.17. The average Bonchev–Trinajstić information content (AvgIpc) is 2.39. The predicted molar refractivity (Wildman–Crippen MR) is 70.0 cm³/mol. The predicted octanol–water partition coefficient (Wildman–Crippen LogP) is 2.83. The molecule has 1 heterocycles. The molecule has 0 aliphatic heterocycles. The van der Waals surface area contributed by atoms with Gasteiger partial charge in [0.2, 0.25) is 0 Å². The van der Waals surface area contributed by atoms with Crippen molar-refractivity contribution in [3.05, 3.63) is 53.2 Å². The Labute approximate surface area is 106 Å². The van der Waals surface area contributed by atoms with Gasteiger partial charge in [0, 0.05) is 0 Å². The zero-order valence-corrected chi connectivity index (χ0v) is 10.4. The number of benzene rings is 1. The number of rotatable bonds is 3. The van der Waals surface area contributed by atoms with Gasteiger partial charge in [-0.2, -0.15) is 10.4 Å². The standard InChI is InChI=1S/C14H14N4/c1-10-5-3-4-6-13(10)11(2)17-14-12(9-15)7-8-16-18-14/h3-8,11H,1-2H3,(H,17,18). The molecule has 0 bridgehead atoms. The number of anilines is 1. The van der Waals surface area contributed by atoms with Crippen LogP contribution in [-0.2, 0) is 0 Å². The SMILES string of the molecule is Cc1ccccc1C(C)Nc1nnccc1C#N. The molecule has 1 atom stereocenters. The van der Waals surface area contributed by atoms with Gasteiger partial charge in [-0.1, -0.05) is 24.3 Å². The first-order valence-electron chi connectivity index (χ1n) is 5.76. The molecule has 1 N–H and O–H groups in total. The van der Waals surface area contributed by atoms with Gasteiger partial charge in [-0.15, -0.1) is 5.10 Å². The van der Waals surface area contributed by atoms with Crippen LogP contribution in [0.4, 0.5) is 5.82 Å². The molecule has 0 aliphatic carbocycles. The smallest absolute Gasteiger partial charge is 0.167 e. The van der Waals surface area contributed by atoms with E-state index < -0.39 is 0 Å². The number of hydrogen-bond acceptors (Lipinski definition) is 4. The summed E-state index contributed by atoms with van der Waals surface area (Å²) in [6.45, 7) is 4.10. The average molecular weight is 238 g/mol. The largest absolute Gasteiger partial charge is 0.361 e. The normalized spacial score (nSPS) is 11.6. The van der Waals surface area contributed by atoms with Crippen LogP contribution in [-0.4, -0.2) is 10.2 Å². The summed E-state index contributed by atoms with van der Waals surface area (Å²) >= 11 is 0. The van der Waals surface area contributed by atoms with Crippen molar-refractivity contribution < 1.29 is 0 Å². The Bertz CT molecular complexity index is 586. The lowest BCUT2D eigenvalue weighted by Crippen LogP contribution is -2.11. The minimum atomic E-state index is 0.0787. The van der Waals surface area contributed by atoms with Crippen molar-refractivity contribution in [2.45, 2.75) is 19.9 Å². The number of aryl methyl sites for hydroxylation is 1. The minimum Gasteiger partial charge on any atom is -0.361 e. The third kappa shape index (κ3) is 2.46. The topological polar surface area (TPSA) is 61.6 Å². The molecule has 0 saturated carbocycles. The molecule has 0 saturated heterocycles. The van der Waals surface area contributed by atoms with Crippen LogP contribution in [0.1, 0.15) is 29.7 Å². The first kappa shape index (κ1) is 12.1. The molecule has 18 heavy (non-hydrogen) atoms. The lowest BCUT2D eigenvalue weighted by molar-refractivity contribution is 0.850. The summed E-state index contributed by atoms with van der Waals surface area (Å²) in [5.74, 6) is 0.524. The lowest BCUT2D eigenvalue weighted by atomic mass is 10.0. The maximum atomic E-state index is 9.00. The molecule has 1 aromatic heterocycles. The van der Waals surface area contributed by atoms with Crippen LogP contribution in [0.15, 0.2) is 36.5 Å². The van der Waals surface area contributed by atoms with Crippen LogP contribution in [0.2, 0.25) is 0 Å². The van der Waals surface area contributed by atoms with Gasteiger partial charge in [-0.3, -0.25) is 0 Å². The van der Waals surface area contributed by atoms with Crippen molar-refractivity contribution >= 4 is 5.82 Å². The molecule has 1 aromatic carbocycles. The molecule has 0 aliphatic rings. The zero-order chi connectivity index (χ0) is 13.0. The van der Waals surface area contributed by atoms with Crippen LogP contribution < -0.4 is 5.32 Å². The zero-order valence-electron chi connectivity index (χ0n) is 10.4. The van der Waals surface area contributed by atoms with Gasteiger partial charge in [0.1, 0.15) is 6.07 Å². The van der Waals surface area contributed by atoms with E-state index in [1.165, 1.54) is 17.3 Å². The number of aromatic nitrogens is 2. The van der Waals surface area contributed by atoms with Gasteiger partial charge in [0.05, 0.1) is 17.8 Å². The highest BCUT2D eigenvalue weighted by Crippen LogP contribution is 2.21. The van der Waals surface area contributed by atoms with E-state index in [9.17, 15) is 0 Å². The Balaban J connectivity index is 2.25. The Morgan fingerprint density at radius 3 is 2.78 bits per heavy atom. The molecule has 2 rings (SSSR count). The second kappa shape index (κ2) is 5.28. The van der Waals surface area contributed by atoms with Gasteiger partial charge in [-0.25, -0.2) is 0 Å². The van der Waals surface area contributed by atoms with E-state index in [4.69, 9.17) is 5.26 Å². The van der Waals surface area contributed by atoms with Crippen LogP contribution in [0, 0.1) is 18.3 Å². The van der Waals surface area contributed by atoms with Crippen molar-refractivity contribution in [2.75, 3.05) is 5.32 Å². The van der Waals surface area contributed by atoms with Crippen LogP contribution in [0.3, 0.4) is 0 Å². The maximum absolute atomic E-state index is 9.00. The van der Waals surface area contributed by atoms with Crippen molar-refractivity contribution in [3.8, 4) is 6.07 Å². The van der Waals surface area contributed by atoms with E-state index in [1.54, 1.807) is 6.07 Å². The molecule has 0 amide bonds. The maximum Gasteiger partial charge on any atom is 0.167 e. The number of nitrogens with one attached hydrogen (secondary N) is 1. The minimum absolute atomic E-state index is 0.0787. The quantitative estimate of drug-likeness (QED) is 0.893. The van der Waals surface area contributed by atoms with Gasteiger partial charge < -0.3 is 5.32 Å². The highest BCUT2D eigenvalue weighted by molar-refractivity contribution is 5.51. The Hall–Kier alpha value is -2.41. The molecule has 0 radical (unpaired) electrons. The van der Waals surface area contributed by atoms with Gasteiger partial charge >= 0.3 is 0 Å². The number of hydrogen-bond donors (Lipinski definition) is 1. The Morgan fingerprint density at radius 2 is 2.06 bits per heavy atom. The molecule has 1 unspecified atom stereocenters. The van der Waals surface area contributed by atoms with Crippen molar-refractivity contribution in [3.63, 3.8) is 0 Å². The molecule has 0 spiro atoms. The van der Waals surface area contributed by atoms with Crippen molar-refractivity contribution in [2.24, 2.45) is 0 Å². The summed E-state index contributed by atoms with van der Waals surface area (Å²) in [6.07, 6.45) is 1.52. The van der Waals surface area contributed by atoms with Gasteiger partial charge in [-0.05, 0) is 31.0 Å². The summed E-state index contributed by atoms with van der Waals surface area (Å²) in [7, 11) is 0. The first-order valence-corrected chi connectivity index (χ1v) is 5.76. The fraction of sp³-hybridized carbons (Fsp3) is 0.214. The third-order valence-electron chi connectivity index (χ3n) is 2.85. The molecule has 4 nitrogen and oxygen atoms in total. The Morgan fingerprint density at radius 1 is 1.28 bits per heavy atom. The molecular weight excluding hydrogens is 224 g/mol. The van der Waals surface area contributed by atoms with Crippen LogP contribution in [0.5, 0.6) is 0 Å². The van der Waals surface area contributed by atoms with Gasteiger partial charge in [0.25, 0.3) is 0 Å². The number of nitrogens with zero attached hydrogens (tertiary/aromatic N) is 3. The van der Waals surface area contributed by atoms with Gasteiger partial charge in [0.15, 0.2) is 5.82 Å². The summed E-state index contributed by atoms with van der Waals surface area (Å²) in [5, 5.41) is 20.0. The fourth-order valence-electron chi connectivity index (χ4n) is 1.88. The van der Waals surface area contributed by atoms with E-state index in [0.29, 0.717) is 11.4 Å². The van der Waals surface area contributed by atoms with E-state index in [-0.39, 0.29) is 6.04 Å².